The minimum absolute atomic E-state index is 0.593. The fourth-order valence-electron chi connectivity index (χ4n) is 3.37. The smallest absolute Gasteiger partial charge is 0.173 e. The lowest BCUT2D eigenvalue weighted by atomic mass is 10.1. The Bertz CT molecular complexity index is 823. The lowest BCUT2D eigenvalue weighted by molar-refractivity contribution is 0.383. The van der Waals surface area contributed by atoms with Crippen molar-refractivity contribution in [3.63, 3.8) is 0 Å². The van der Waals surface area contributed by atoms with Crippen LogP contribution in [0.15, 0.2) is 54.7 Å². The Hall–Kier alpha value is -2.53. The molecule has 4 rings (SSSR count). The third kappa shape index (κ3) is 3.53. The van der Waals surface area contributed by atoms with Crippen molar-refractivity contribution >= 4 is 28.6 Å². The Labute approximate surface area is 160 Å². The van der Waals surface area contributed by atoms with E-state index in [4.69, 9.17) is 17.0 Å². The molecule has 1 saturated heterocycles. The van der Waals surface area contributed by atoms with Gasteiger partial charge in [0.2, 0.25) is 0 Å². The molecule has 0 aliphatic carbocycles. The van der Waals surface area contributed by atoms with Crippen molar-refractivity contribution in [2.24, 2.45) is 0 Å². The maximum atomic E-state index is 5.69. The number of thiocarbonyl (C=S) groups is 1. The minimum Gasteiger partial charge on any atom is -0.488 e. The Morgan fingerprint density at radius 2 is 1.77 bits per heavy atom. The molecular formula is C21H23N3OS. The molecule has 2 aliphatic rings. The molecule has 2 aromatic rings. The second kappa shape index (κ2) is 7.38. The van der Waals surface area contributed by atoms with E-state index >= 15 is 0 Å². The van der Waals surface area contributed by atoms with Crippen LogP contribution < -0.4 is 15.0 Å². The van der Waals surface area contributed by atoms with E-state index in [2.05, 4.69) is 52.4 Å². The Morgan fingerprint density at radius 1 is 1.04 bits per heavy atom. The predicted octanol–water partition coefficient (Wildman–Crippen LogP) is 3.43. The van der Waals surface area contributed by atoms with E-state index in [9.17, 15) is 0 Å². The molecule has 0 bridgehead atoms. The van der Waals surface area contributed by atoms with E-state index in [0.29, 0.717) is 6.61 Å². The van der Waals surface area contributed by atoms with Crippen LogP contribution in [-0.2, 0) is 0 Å². The Balaban J connectivity index is 1.33. The average molecular weight is 366 g/mol. The van der Waals surface area contributed by atoms with Gasteiger partial charge in [-0.3, -0.25) is 0 Å². The highest BCUT2D eigenvalue weighted by atomic mass is 32.1. The monoisotopic (exact) mass is 365 g/mol. The lowest BCUT2D eigenvalue weighted by Gasteiger charge is -2.37. The first-order valence-corrected chi connectivity index (χ1v) is 9.40. The van der Waals surface area contributed by atoms with Gasteiger partial charge in [-0.25, -0.2) is 0 Å². The molecule has 0 amide bonds. The zero-order valence-electron chi connectivity index (χ0n) is 14.9. The van der Waals surface area contributed by atoms with Gasteiger partial charge in [-0.2, -0.15) is 0 Å². The number of rotatable bonds is 2. The van der Waals surface area contributed by atoms with Crippen LogP contribution >= 0.6 is 12.2 Å². The molecule has 1 fully saturated rings. The Morgan fingerprint density at radius 3 is 2.54 bits per heavy atom. The number of hydrogen-bond acceptors (Lipinski definition) is 3. The van der Waals surface area contributed by atoms with Crippen LogP contribution in [0.4, 0.5) is 5.69 Å². The molecule has 26 heavy (non-hydrogen) atoms. The minimum atomic E-state index is 0.593. The van der Waals surface area contributed by atoms with Gasteiger partial charge in [0.15, 0.2) is 5.11 Å². The van der Waals surface area contributed by atoms with Crippen molar-refractivity contribution in [1.82, 2.24) is 10.2 Å². The van der Waals surface area contributed by atoms with E-state index in [-0.39, 0.29) is 0 Å². The number of nitrogens with zero attached hydrogens (tertiary/aromatic N) is 2. The largest absolute Gasteiger partial charge is 0.488 e. The summed E-state index contributed by atoms with van der Waals surface area (Å²) < 4.78 is 5.69. The number of aryl methyl sites for hydroxylation is 1. The molecule has 4 nitrogen and oxygen atoms in total. The molecule has 5 heteroatoms. The van der Waals surface area contributed by atoms with Crippen LogP contribution in [0.3, 0.4) is 0 Å². The predicted molar refractivity (Wildman–Crippen MR) is 111 cm³/mol. The molecule has 0 aromatic heterocycles. The van der Waals surface area contributed by atoms with Crippen molar-refractivity contribution in [3.05, 3.63) is 65.9 Å². The second-order valence-electron chi connectivity index (χ2n) is 6.71. The van der Waals surface area contributed by atoms with Gasteiger partial charge in [0, 0.05) is 49.2 Å². The third-order valence-corrected chi connectivity index (χ3v) is 5.33. The topological polar surface area (TPSA) is 27.7 Å². The first kappa shape index (κ1) is 16.9. The molecule has 0 radical (unpaired) electrons. The molecule has 0 atom stereocenters. The zero-order valence-corrected chi connectivity index (χ0v) is 15.8. The summed E-state index contributed by atoms with van der Waals surface area (Å²) in [6.45, 7) is 6.52. The maximum Gasteiger partial charge on any atom is 0.173 e. The normalized spacial score (nSPS) is 17.8. The van der Waals surface area contributed by atoms with E-state index in [1.807, 2.05) is 24.4 Å². The number of anilines is 1. The number of piperazine rings is 1. The lowest BCUT2D eigenvalue weighted by Crippen LogP contribution is -2.51. The molecule has 0 saturated carbocycles. The summed E-state index contributed by atoms with van der Waals surface area (Å²) in [6, 6.07) is 16.8. The quantitative estimate of drug-likeness (QED) is 0.823. The number of benzene rings is 2. The fraction of sp³-hybridized carbons (Fsp3) is 0.286. The first-order chi connectivity index (χ1) is 12.7. The first-order valence-electron chi connectivity index (χ1n) is 8.99. The van der Waals surface area contributed by atoms with Crippen molar-refractivity contribution in [2.45, 2.75) is 6.92 Å². The second-order valence-corrected chi connectivity index (χ2v) is 7.10. The van der Waals surface area contributed by atoms with Crippen molar-refractivity contribution in [2.75, 3.05) is 37.7 Å². The molecular weight excluding hydrogens is 342 g/mol. The summed E-state index contributed by atoms with van der Waals surface area (Å²) in [5.41, 5.74) is 4.87. The van der Waals surface area contributed by atoms with Gasteiger partial charge in [-0.15, -0.1) is 0 Å². The van der Waals surface area contributed by atoms with Crippen LogP contribution in [0.5, 0.6) is 5.75 Å². The van der Waals surface area contributed by atoms with Crippen LogP contribution in [0, 0.1) is 6.92 Å². The van der Waals surface area contributed by atoms with E-state index in [1.54, 1.807) is 0 Å². The summed E-state index contributed by atoms with van der Waals surface area (Å²) in [5, 5.41) is 4.08. The highest BCUT2D eigenvalue weighted by molar-refractivity contribution is 7.80. The van der Waals surface area contributed by atoms with Crippen LogP contribution in [0.25, 0.3) is 5.57 Å². The zero-order chi connectivity index (χ0) is 17.9. The number of nitrogens with one attached hydrogen (secondary N) is 1. The number of fused-ring (bicyclic) bond motifs is 1. The van der Waals surface area contributed by atoms with Crippen LogP contribution in [0.2, 0.25) is 0 Å². The Kier molecular flexibility index (Phi) is 4.80. The van der Waals surface area contributed by atoms with E-state index in [1.165, 1.54) is 11.3 Å². The summed E-state index contributed by atoms with van der Waals surface area (Å²) in [6.07, 6.45) is 1.99. The molecule has 0 unspecified atom stereocenters. The average Bonchev–Trinajstić information content (AvgIpc) is 3.10. The number of ether oxygens (including phenoxy) is 1. The number of hydrogen-bond donors (Lipinski definition) is 1. The van der Waals surface area contributed by atoms with Gasteiger partial charge >= 0.3 is 0 Å². The SMILES string of the molecule is Cc1ccc(N2CCN(C(=S)N/C=C3/COc4ccccc43)CC2)cc1. The fourth-order valence-corrected chi connectivity index (χ4v) is 3.62. The molecule has 2 aromatic carbocycles. The summed E-state index contributed by atoms with van der Waals surface area (Å²) in [4.78, 5) is 4.65. The van der Waals surface area contributed by atoms with Crippen LogP contribution in [-0.4, -0.2) is 42.8 Å². The van der Waals surface area contributed by atoms with Gasteiger partial charge in [-0.05, 0) is 37.3 Å². The van der Waals surface area contributed by atoms with Gasteiger partial charge in [0.05, 0.1) is 0 Å². The van der Waals surface area contributed by atoms with Crippen LogP contribution in [0.1, 0.15) is 11.1 Å². The molecule has 0 spiro atoms. The molecule has 2 heterocycles. The van der Waals surface area contributed by atoms with Gasteiger partial charge in [0.25, 0.3) is 0 Å². The number of para-hydroxylation sites is 1. The molecule has 134 valence electrons. The van der Waals surface area contributed by atoms with E-state index in [0.717, 1.165) is 48.2 Å². The summed E-state index contributed by atoms with van der Waals surface area (Å²) in [7, 11) is 0. The van der Waals surface area contributed by atoms with Gasteiger partial charge in [0.1, 0.15) is 12.4 Å². The maximum absolute atomic E-state index is 5.69. The van der Waals surface area contributed by atoms with Crippen molar-refractivity contribution in [3.8, 4) is 5.75 Å². The highest BCUT2D eigenvalue weighted by Gasteiger charge is 2.20. The van der Waals surface area contributed by atoms with Gasteiger partial charge < -0.3 is 19.9 Å². The van der Waals surface area contributed by atoms with Gasteiger partial charge in [-0.1, -0.05) is 35.9 Å². The summed E-state index contributed by atoms with van der Waals surface area (Å²) in [5.74, 6) is 0.943. The third-order valence-electron chi connectivity index (χ3n) is 4.95. The molecule has 1 N–H and O–H groups in total. The molecule has 2 aliphatic heterocycles. The van der Waals surface area contributed by atoms with Crippen molar-refractivity contribution in [1.29, 1.82) is 0 Å². The van der Waals surface area contributed by atoms with E-state index < -0.39 is 0 Å². The standard InChI is InChI=1S/C21H23N3OS/c1-16-6-8-18(9-7-16)23-10-12-24(13-11-23)21(26)22-14-17-15-25-20-5-3-2-4-19(17)20/h2-9,14H,10-13,15H2,1H3,(H,22,26)/b17-14-. The summed E-state index contributed by atoms with van der Waals surface area (Å²) >= 11 is 5.59. The highest BCUT2D eigenvalue weighted by Crippen LogP contribution is 2.32. The van der Waals surface area contributed by atoms with Crippen molar-refractivity contribution < 1.29 is 4.74 Å².